The fraction of sp³-hybridized carbons (Fsp3) is 0.286. The molecule has 0 amide bonds. The fourth-order valence-electron chi connectivity index (χ4n) is 0.794. The summed E-state index contributed by atoms with van der Waals surface area (Å²) in [6.45, 7) is 0.00787. The van der Waals surface area contributed by atoms with E-state index < -0.39 is 5.97 Å². The van der Waals surface area contributed by atoms with Crippen LogP contribution in [0.4, 0.5) is 0 Å². The molecule has 5 heteroatoms. The Morgan fingerprint density at radius 1 is 1.67 bits per heavy atom. The number of carbonyl (C=O) groups is 1. The molecule has 0 spiro atoms. The molecule has 0 unspecified atom stereocenters. The Hall–Kier alpha value is -0.910. The van der Waals surface area contributed by atoms with Gasteiger partial charge in [-0.1, -0.05) is 0 Å². The van der Waals surface area contributed by atoms with Crippen molar-refractivity contribution >= 4 is 17.3 Å². The number of methoxy groups -OCH3 is 1. The third kappa shape index (κ3) is 1.82. The molecular formula is C7H8O4S. The Balaban J connectivity index is 2.83. The van der Waals surface area contributed by atoms with Crippen LogP contribution in [0.15, 0.2) is 10.8 Å². The number of carbonyl (C=O) groups excluding carboxylic acids is 1. The largest absolute Gasteiger partial charge is 0.465 e. The first kappa shape index (κ1) is 9.18. The van der Waals surface area contributed by atoms with Crippen LogP contribution in [0.2, 0.25) is 0 Å². The number of ether oxygens (including phenoxy) is 1. The SMILES string of the molecule is COC(=O)c1cscc1COO. The third-order valence-electron chi connectivity index (χ3n) is 1.37. The summed E-state index contributed by atoms with van der Waals surface area (Å²) >= 11 is 1.36. The minimum Gasteiger partial charge on any atom is -0.465 e. The molecule has 0 aliphatic rings. The first-order chi connectivity index (χ1) is 5.79. The van der Waals surface area contributed by atoms with Crippen LogP contribution in [0.1, 0.15) is 15.9 Å². The van der Waals surface area contributed by atoms with Crippen molar-refractivity contribution in [2.24, 2.45) is 0 Å². The Bertz CT molecular complexity index is 268. The van der Waals surface area contributed by atoms with E-state index in [1.807, 2.05) is 0 Å². The molecule has 1 aromatic heterocycles. The number of esters is 1. The summed E-state index contributed by atoms with van der Waals surface area (Å²) in [6, 6.07) is 0. The van der Waals surface area contributed by atoms with Gasteiger partial charge in [-0.05, 0) is 5.38 Å². The highest BCUT2D eigenvalue weighted by Crippen LogP contribution is 2.16. The molecule has 12 heavy (non-hydrogen) atoms. The van der Waals surface area contributed by atoms with Crippen LogP contribution in [-0.2, 0) is 16.2 Å². The van der Waals surface area contributed by atoms with Crippen molar-refractivity contribution in [3.05, 3.63) is 21.9 Å². The average Bonchev–Trinajstić information content (AvgIpc) is 2.52. The van der Waals surface area contributed by atoms with Gasteiger partial charge < -0.3 is 4.74 Å². The van der Waals surface area contributed by atoms with Gasteiger partial charge in [0.25, 0.3) is 0 Å². The molecule has 4 nitrogen and oxygen atoms in total. The summed E-state index contributed by atoms with van der Waals surface area (Å²) in [5.41, 5.74) is 1.07. The second-order valence-electron chi connectivity index (χ2n) is 2.08. The van der Waals surface area contributed by atoms with E-state index in [-0.39, 0.29) is 6.61 Å². The second-order valence-corrected chi connectivity index (χ2v) is 2.82. The van der Waals surface area contributed by atoms with Crippen molar-refractivity contribution < 1.29 is 19.7 Å². The van der Waals surface area contributed by atoms with Crippen LogP contribution in [0, 0.1) is 0 Å². The number of thiophene rings is 1. The predicted molar refractivity (Wildman–Crippen MR) is 43.1 cm³/mol. The van der Waals surface area contributed by atoms with Gasteiger partial charge in [0.2, 0.25) is 0 Å². The molecule has 1 aromatic rings. The third-order valence-corrected chi connectivity index (χ3v) is 2.16. The number of hydrogen-bond donors (Lipinski definition) is 1. The molecular weight excluding hydrogens is 180 g/mol. The van der Waals surface area contributed by atoms with Crippen LogP contribution in [0.25, 0.3) is 0 Å². The van der Waals surface area contributed by atoms with Gasteiger partial charge in [0.1, 0.15) is 6.61 Å². The Kier molecular flexibility index (Phi) is 3.21. The quantitative estimate of drug-likeness (QED) is 0.444. The molecule has 0 saturated heterocycles. The van der Waals surface area contributed by atoms with Crippen molar-refractivity contribution in [2.45, 2.75) is 6.61 Å². The minimum atomic E-state index is -0.414. The number of hydrogen-bond acceptors (Lipinski definition) is 5. The van der Waals surface area contributed by atoms with E-state index in [9.17, 15) is 4.79 Å². The first-order valence-electron chi connectivity index (χ1n) is 3.19. The van der Waals surface area contributed by atoms with Gasteiger partial charge in [-0.25, -0.2) is 9.68 Å². The smallest absolute Gasteiger partial charge is 0.339 e. The van der Waals surface area contributed by atoms with Gasteiger partial charge >= 0.3 is 5.97 Å². The van der Waals surface area contributed by atoms with E-state index in [4.69, 9.17) is 5.26 Å². The average molecular weight is 188 g/mol. The predicted octanol–water partition coefficient (Wildman–Crippen LogP) is 1.52. The first-order valence-corrected chi connectivity index (χ1v) is 4.13. The molecule has 1 N–H and O–H groups in total. The van der Waals surface area contributed by atoms with Crippen molar-refractivity contribution in [1.29, 1.82) is 0 Å². The summed E-state index contributed by atoms with van der Waals surface area (Å²) in [5.74, 6) is -0.414. The molecule has 66 valence electrons. The van der Waals surface area contributed by atoms with Gasteiger partial charge in [-0.15, -0.1) is 0 Å². The maximum atomic E-state index is 11.0. The van der Waals surface area contributed by atoms with Gasteiger partial charge in [0, 0.05) is 10.9 Å². The Morgan fingerprint density at radius 3 is 3.00 bits per heavy atom. The molecule has 0 atom stereocenters. The molecule has 0 radical (unpaired) electrons. The van der Waals surface area contributed by atoms with Crippen molar-refractivity contribution in [1.82, 2.24) is 0 Å². The summed E-state index contributed by atoms with van der Waals surface area (Å²) in [4.78, 5) is 14.9. The lowest BCUT2D eigenvalue weighted by Crippen LogP contribution is -2.03. The zero-order valence-corrected chi connectivity index (χ0v) is 7.26. The fourth-order valence-corrected chi connectivity index (χ4v) is 1.60. The maximum absolute atomic E-state index is 11.0. The normalized spacial score (nSPS) is 9.83. The highest BCUT2D eigenvalue weighted by molar-refractivity contribution is 7.08. The second kappa shape index (κ2) is 4.20. The maximum Gasteiger partial charge on any atom is 0.339 e. The topological polar surface area (TPSA) is 55.8 Å². The van der Waals surface area contributed by atoms with Crippen LogP contribution >= 0.6 is 11.3 Å². The van der Waals surface area contributed by atoms with Crippen LogP contribution in [-0.4, -0.2) is 18.3 Å². The highest BCUT2D eigenvalue weighted by atomic mass is 32.1. The van der Waals surface area contributed by atoms with Crippen molar-refractivity contribution in [3.8, 4) is 0 Å². The van der Waals surface area contributed by atoms with Gasteiger partial charge in [-0.3, -0.25) is 5.26 Å². The molecule has 0 bridgehead atoms. The van der Waals surface area contributed by atoms with E-state index in [0.29, 0.717) is 11.1 Å². The Labute approximate surface area is 73.3 Å². The molecule has 0 fully saturated rings. The van der Waals surface area contributed by atoms with E-state index in [1.54, 1.807) is 10.8 Å². The lowest BCUT2D eigenvalue weighted by molar-refractivity contribution is -0.253. The van der Waals surface area contributed by atoms with Crippen LogP contribution < -0.4 is 0 Å². The molecule has 0 aliphatic carbocycles. The molecule has 1 rings (SSSR count). The minimum absolute atomic E-state index is 0.00787. The summed E-state index contributed by atoms with van der Waals surface area (Å²) in [5, 5.41) is 11.5. The van der Waals surface area contributed by atoms with Crippen LogP contribution in [0.3, 0.4) is 0 Å². The molecule has 0 saturated carbocycles. The zero-order chi connectivity index (χ0) is 8.97. The molecule has 0 aromatic carbocycles. The molecule has 1 heterocycles. The lowest BCUT2D eigenvalue weighted by atomic mass is 10.2. The molecule has 0 aliphatic heterocycles. The van der Waals surface area contributed by atoms with E-state index in [2.05, 4.69) is 9.62 Å². The lowest BCUT2D eigenvalue weighted by Gasteiger charge is -1.98. The summed E-state index contributed by atoms with van der Waals surface area (Å²) in [7, 11) is 1.31. The number of rotatable bonds is 3. The van der Waals surface area contributed by atoms with Gasteiger partial charge in [0.15, 0.2) is 0 Å². The van der Waals surface area contributed by atoms with Gasteiger partial charge in [-0.2, -0.15) is 11.3 Å². The van der Waals surface area contributed by atoms with Gasteiger partial charge in [0.05, 0.1) is 12.7 Å². The highest BCUT2D eigenvalue weighted by Gasteiger charge is 2.12. The zero-order valence-electron chi connectivity index (χ0n) is 6.44. The van der Waals surface area contributed by atoms with Crippen molar-refractivity contribution in [3.63, 3.8) is 0 Å². The monoisotopic (exact) mass is 188 g/mol. The Morgan fingerprint density at radius 2 is 2.42 bits per heavy atom. The van der Waals surface area contributed by atoms with E-state index >= 15 is 0 Å². The van der Waals surface area contributed by atoms with E-state index in [0.717, 1.165) is 0 Å². The van der Waals surface area contributed by atoms with Crippen molar-refractivity contribution in [2.75, 3.05) is 7.11 Å². The summed E-state index contributed by atoms with van der Waals surface area (Å²) < 4.78 is 4.51. The standard InChI is InChI=1S/C7H8O4S/c1-10-7(8)6-4-12-3-5(6)2-11-9/h3-4,9H,2H2,1H3. The summed E-state index contributed by atoms with van der Waals surface area (Å²) in [6.07, 6.45) is 0. The van der Waals surface area contributed by atoms with Crippen LogP contribution in [0.5, 0.6) is 0 Å². The van der Waals surface area contributed by atoms with E-state index in [1.165, 1.54) is 18.4 Å².